The third-order valence-corrected chi connectivity index (χ3v) is 4.74. The van der Waals surface area contributed by atoms with E-state index in [2.05, 4.69) is 15.0 Å². The smallest absolute Gasteiger partial charge is 0.280 e. The van der Waals surface area contributed by atoms with E-state index >= 15 is 0 Å². The first-order valence-corrected chi connectivity index (χ1v) is 6.78. The van der Waals surface area contributed by atoms with E-state index in [1.165, 1.54) is 10.9 Å². The van der Waals surface area contributed by atoms with Gasteiger partial charge in [0.05, 0.1) is 18.2 Å². The Morgan fingerprint density at radius 2 is 2.35 bits per heavy atom. The molecule has 1 aliphatic rings. The number of aliphatic hydroxyl groups excluding tert-OH is 2. The lowest BCUT2D eigenvalue weighted by Gasteiger charge is -2.14. The Kier molecular flexibility index (Phi) is 3.15. The molecule has 0 unspecified atom stereocenters. The maximum Gasteiger partial charge on any atom is 0.280 e. The number of aliphatic hydroxyl groups is 2. The molecule has 3 heterocycles. The predicted octanol–water partition coefficient (Wildman–Crippen LogP) is -0.993. The molecule has 0 aliphatic carbocycles. The van der Waals surface area contributed by atoms with Crippen LogP contribution in [-0.4, -0.2) is 53.9 Å². The molecule has 3 rings (SSSR count). The van der Waals surface area contributed by atoms with E-state index in [-0.39, 0.29) is 23.7 Å². The Balaban J connectivity index is 2.09. The molecule has 2 aromatic rings. The van der Waals surface area contributed by atoms with Crippen molar-refractivity contribution in [3.63, 3.8) is 0 Å². The molecule has 0 bridgehead atoms. The number of halogens is 1. The minimum atomic E-state index is -1.60. The van der Waals surface area contributed by atoms with Crippen LogP contribution < -0.4 is 11.3 Å². The first-order valence-electron chi connectivity index (χ1n) is 5.83. The Morgan fingerprint density at radius 3 is 3.00 bits per heavy atom. The first kappa shape index (κ1) is 13.3. The molecule has 0 spiro atoms. The molecule has 1 aliphatic heterocycles. The molecule has 1 fully saturated rings. The lowest BCUT2D eigenvalue weighted by Crippen LogP contribution is -2.30. The van der Waals surface area contributed by atoms with Crippen molar-refractivity contribution in [3.05, 3.63) is 16.7 Å². The molecule has 10 heteroatoms. The van der Waals surface area contributed by atoms with Crippen LogP contribution in [0.15, 0.2) is 11.1 Å². The highest BCUT2D eigenvalue weighted by Gasteiger charge is 2.45. The molecule has 108 valence electrons. The number of imidazole rings is 1. The fourth-order valence-electron chi connectivity index (χ4n) is 2.21. The van der Waals surface area contributed by atoms with Crippen molar-refractivity contribution in [1.82, 2.24) is 19.5 Å². The Bertz CT molecular complexity index is 704. The van der Waals surface area contributed by atoms with E-state index in [4.69, 9.17) is 10.8 Å². The Hall–Kier alpha value is -1.65. The average Bonchev–Trinajstić information content (AvgIpc) is 2.93. The van der Waals surface area contributed by atoms with Crippen LogP contribution in [0.3, 0.4) is 0 Å². The monoisotopic (exact) mass is 301 g/mol. The van der Waals surface area contributed by atoms with Crippen molar-refractivity contribution >= 4 is 28.9 Å². The number of nitrogens with two attached hydrogens (primary N) is 1. The van der Waals surface area contributed by atoms with E-state index < -0.39 is 28.5 Å². The van der Waals surface area contributed by atoms with E-state index in [1.54, 1.807) is 0 Å². The van der Waals surface area contributed by atoms with Gasteiger partial charge in [-0.25, -0.2) is 9.37 Å². The number of nitrogens with one attached hydrogen (secondary N) is 1. The maximum atomic E-state index is 14.1. The van der Waals surface area contributed by atoms with E-state index in [9.17, 15) is 14.3 Å². The molecule has 4 atom stereocenters. The van der Waals surface area contributed by atoms with Crippen LogP contribution in [0.25, 0.3) is 11.2 Å². The second kappa shape index (κ2) is 4.72. The summed E-state index contributed by atoms with van der Waals surface area (Å²) in [5, 5.41) is 17.4. The van der Waals surface area contributed by atoms with Crippen molar-refractivity contribution in [3.8, 4) is 0 Å². The quantitative estimate of drug-likeness (QED) is 0.560. The molecule has 1 saturated heterocycles. The lowest BCUT2D eigenvalue weighted by atomic mass is 10.1. The molecular formula is C10H12FN5O3S. The van der Waals surface area contributed by atoms with Gasteiger partial charge in [-0.2, -0.15) is 4.98 Å². The number of rotatable bonds is 2. The summed E-state index contributed by atoms with van der Waals surface area (Å²) < 4.78 is 15.5. The van der Waals surface area contributed by atoms with Gasteiger partial charge in [0.2, 0.25) is 5.95 Å². The molecule has 0 radical (unpaired) electrons. The molecule has 8 nitrogen and oxygen atoms in total. The van der Waals surface area contributed by atoms with Gasteiger partial charge in [0.1, 0.15) is 11.5 Å². The first-order chi connectivity index (χ1) is 9.52. The highest BCUT2D eigenvalue weighted by molar-refractivity contribution is 8.00. The van der Waals surface area contributed by atoms with Gasteiger partial charge in [0.25, 0.3) is 5.56 Å². The zero-order chi connectivity index (χ0) is 14.4. The van der Waals surface area contributed by atoms with Crippen LogP contribution in [0.4, 0.5) is 10.3 Å². The molecule has 5 N–H and O–H groups in total. The number of anilines is 1. The van der Waals surface area contributed by atoms with E-state index in [1.807, 2.05) is 0 Å². The number of hydrogen-bond acceptors (Lipinski definition) is 7. The number of nitrogen functional groups attached to an aromatic ring is 1. The van der Waals surface area contributed by atoms with Gasteiger partial charge in [-0.1, -0.05) is 0 Å². The summed E-state index contributed by atoms with van der Waals surface area (Å²) in [5.41, 5.74) is 5.16. The van der Waals surface area contributed by atoms with Gasteiger partial charge >= 0.3 is 0 Å². The number of nitrogens with zero attached hydrogens (tertiary/aromatic N) is 3. The predicted molar refractivity (Wildman–Crippen MR) is 71.0 cm³/mol. The molecule has 0 saturated carbocycles. The van der Waals surface area contributed by atoms with Gasteiger partial charge in [-0.3, -0.25) is 14.3 Å². The largest absolute Gasteiger partial charge is 0.395 e. The van der Waals surface area contributed by atoms with E-state index in [0.29, 0.717) is 0 Å². The second-order valence-electron chi connectivity index (χ2n) is 4.46. The van der Waals surface area contributed by atoms with Crippen molar-refractivity contribution in [2.75, 3.05) is 12.3 Å². The van der Waals surface area contributed by atoms with E-state index in [0.717, 1.165) is 11.8 Å². The van der Waals surface area contributed by atoms with Crippen molar-refractivity contribution in [1.29, 1.82) is 0 Å². The van der Waals surface area contributed by atoms with Crippen LogP contribution in [0, 0.1) is 0 Å². The second-order valence-corrected chi connectivity index (χ2v) is 5.82. The number of aromatic amines is 1. The zero-order valence-corrected chi connectivity index (χ0v) is 10.9. The summed E-state index contributed by atoms with van der Waals surface area (Å²) in [7, 11) is 0. The summed E-state index contributed by atoms with van der Waals surface area (Å²) in [6.45, 7) is -0.342. The third kappa shape index (κ3) is 1.87. The van der Waals surface area contributed by atoms with Crippen LogP contribution in [-0.2, 0) is 0 Å². The lowest BCUT2D eigenvalue weighted by molar-refractivity contribution is 0.0642. The van der Waals surface area contributed by atoms with Crippen LogP contribution in [0.2, 0.25) is 0 Å². The van der Waals surface area contributed by atoms with Crippen molar-refractivity contribution in [2.45, 2.75) is 22.9 Å². The summed E-state index contributed by atoms with van der Waals surface area (Å²) in [6, 6.07) is 0. The topological polar surface area (TPSA) is 130 Å². The number of hydrogen-bond donors (Lipinski definition) is 4. The van der Waals surface area contributed by atoms with Crippen molar-refractivity contribution < 1.29 is 14.6 Å². The molecule has 0 amide bonds. The van der Waals surface area contributed by atoms with Gasteiger partial charge in [0, 0.05) is 0 Å². The number of H-pyrrole nitrogens is 1. The summed E-state index contributed by atoms with van der Waals surface area (Å²) in [4.78, 5) is 21.8. The standard InChI is InChI=1S/C10H12FN5O3S/c11-4-6(18)3(1-17)20-9(4)16-2-13-5-7(16)14-10(12)15-8(5)19/h2-4,6,9,17-18H,1H2,(H3,12,14,15,19)/t3-,4+,6-,9+/m1/s1. The summed E-state index contributed by atoms with van der Waals surface area (Å²) >= 11 is 1.07. The zero-order valence-electron chi connectivity index (χ0n) is 10.1. The number of aromatic nitrogens is 4. The average molecular weight is 301 g/mol. The number of fused-ring (bicyclic) bond motifs is 1. The van der Waals surface area contributed by atoms with Crippen molar-refractivity contribution in [2.24, 2.45) is 0 Å². The highest BCUT2D eigenvalue weighted by atomic mass is 32.2. The van der Waals surface area contributed by atoms with Gasteiger partial charge in [0.15, 0.2) is 17.3 Å². The normalized spacial score (nSPS) is 30.1. The van der Waals surface area contributed by atoms with Crippen LogP contribution in [0.1, 0.15) is 5.37 Å². The minimum Gasteiger partial charge on any atom is -0.395 e. The molecular weight excluding hydrogens is 289 g/mol. The highest BCUT2D eigenvalue weighted by Crippen LogP contribution is 2.44. The van der Waals surface area contributed by atoms with Gasteiger partial charge in [-0.05, 0) is 0 Å². The maximum absolute atomic E-state index is 14.1. The fourth-order valence-corrected chi connectivity index (χ4v) is 3.56. The summed E-state index contributed by atoms with van der Waals surface area (Å²) in [6.07, 6.45) is -1.60. The number of alkyl halides is 1. The molecule has 20 heavy (non-hydrogen) atoms. The van der Waals surface area contributed by atoms with Crippen LogP contribution >= 0.6 is 11.8 Å². The fraction of sp³-hybridized carbons (Fsp3) is 0.500. The minimum absolute atomic E-state index is 0.0499. The van der Waals surface area contributed by atoms with Gasteiger partial charge < -0.3 is 15.9 Å². The Labute approximate surface area is 115 Å². The third-order valence-electron chi connectivity index (χ3n) is 3.20. The molecule has 0 aromatic carbocycles. The molecule has 2 aromatic heterocycles. The van der Waals surface area contributed by atoms with Gasteiger partial charge in [-0.15, -0.1) is 11.8 Å². The summed E-state index contributed by atoms with van der Waals surface area (Å²) in [5.74, 6) is -0.0955. The number of thioether (sulfide) groups is 1. The Morgan fingerprint density at radius 1 is 1.60 bits per heavy atom. The van der Waals surface area contributed by atoms with Crippen LogP contribution in [0.5, 0.6) is 0 Å². The SMILES string of the molecule is Nc1nc2c(ncn2[C@H]2S[C@H](CO)[C@@H](O)[C@@H]2F)c(=O)[nH]1.